The summed E-state index contributed by atoms with van der Waals surface area (Å²) < 4.78 is 1.59. The van der Waals surface area contributed by atoms with Crippen LogP contribution in [0.15, 0.2) is 0 Å². The van der Waals surface area contributed by atoms with Crippen molar-refractivity contribution in [2.45, 2.75) is 13.8 Å². The lowest BCUT2D eigenvalue weighted by Gasteiger charge is -1.94. The van der Waals surface area contributed by atoms with Crippen LogP contribution in [-0.4, -0.2) is 9.49 Å². The minimum absolute atomic E-state index is 0.329. The molecule has 0 N–H and O–H groups in total. The first-order valence-electron chi connectivity index (χ1n) is 3.36. The highest BCUT2D eigenvalue weighted by molar-refractivity contribution is 5.13. The Morgan fingerprint density at radius 3 is 2.17 bits per heavy atom. The number of aromatic nitrogens is 2. The van der Waals surface area contributed by atoms with Crippen LogP contribution in [0.1, 0.15) is 11.4 Å². The van der Waals surface area contributed by atoms with Gasteiger partial charge in [0.25, 0.3) is 0 Å². The summed E-state index contributed by atoms with van der Waals surface area (Å²) in [6, 6.07) is 0. The number of nitro groups is 1. The molecule has 1 heterocycles. The lowest BCUT2D eigenvalue weighted by atomic mass is 10.4. The van der Waals surface area contributed by atoms with Crippen molar-refractivity contribution in [2.75, 3.05) is 0 Å². The van der Waals surface area contributed by atoms with Crippen molar-refractivity contribution in [1.29, 1.82) is 0 Å². The number of nitrogens with zero attached hydrogens (tertiary/aromatic N) is 3. The molecule has 0 fully saturated rings. The monoisotopic (exact) mass is 171 g/mol. The molecule has 0 unspecified atom stereocenters. The molecule has 0 spiro atoms. The van der Waals surface area contributed by atoms with Crippen molar-refractivity contribution in [1.82, 2.24) is 4.57 Å². The maximum Gasteiger partial charge on any atom is 0.585 e. The fourth-order valence-corrected chi connectivity index (χ4v) is 1.02. The number of imidazole rings is 1. The predicted molar refractivity (Wildman–Crippen MR) is 40.5 cm³/mol. The molecule has 0 aliphatic carbocycles. The number of hydrogen-bond donors (Lipinski definition) is 0. The van der Waals surface area contributed by atoms with E-state index in [1.165, 1.54) is 11.6 Å². The molecule has 0 atom stereocenters. The molecular weight excluding hydrogens is 162 g/mol. The predicted octanol–water partition coefficient (Wildman–Crippen LogP) is 0.184. The molecule has 0 saturated heterocycles. The van der Waals surface area contributed by atoms with Crippen LogP contribution in [0.3, 0.4) is 0 Å². The first-order valence-corrected chi connectivity index (χ1v) is 3.36. The molecule has 0 aliphatic rings. The third kappa shape index (κ3) is 0.919. The Balaban J connectivity index is 3.48. The summed E-state index contributed by atoms with van der Waals surface area (Å²) in [6.45, 7) is 3.21. The van der Waals surface area contributed by atoms with Crippen LogP contribution in [0.5, 0.6) is 0 Å². The van der Waals surface area contributed by atoms with Crippen LogP contribution in [0.2, 0.25) is 0 Å². The summed E-state index contributed by atoms with van der Waals surface area (Å²) >= 11 is 0. The zero-order chi connectivity index (χ0) is 9.46. The Hall–Kier alpha value is -1.59. The molecular formula is C6H9N3O3. The van der Waals surface area contributed by atoms with Gasteiger partial charge in [-0.3, -0.25) is 0 Å². The summed E-state index contributed by atoms with van der Waals surface area (Å²) in [5, 5.41) is 21.5. The van der Waals surface area contributed by atoms with Gasteiger partial charge in [-0.05, 0) is 0 Å². The molecule has 1 rings (SSSR count). The second kappa shape index (κ2) is 2.47. The molecule has 1 aromatic rings. The first kappa shape index (κ1) is 8.51. The minimum Gasteiger partial charge on any atom is -0.675 e. The smallest absolute Gasteiger partial charge is 0.585 e. The van der Waals surface area contributed by atoms with E-state index in [9.17, 15) is 15.3 Å². The van der Waals surface area contributed by atoms with Crippen LogP contribution in [0, 0.1) is 29.2 Å². The quantitative estimate of drug-likeness (QED) is 0.262. The van der Waals surface area contributed by atoms with E-state index in [1.54, 1.807) is 13.8 Å². The first-order chi connectivity index (χ1) is 5.46. The molecule has 0 bridgehead atoms. The molecule has 12 heavy (non-hydrogen) atoms. The van der Waals surface area contributed by atoms with Crippen LogP contribution >= 0.6 is 0 Å². The van der Waals surface area contributed by atoms with E-state index >= 15 is 0 Å². The maximum atomic E-state index is 11.1. The van der Waals surface area contributed by atoms with E-state index in [2.05, 4.69) is 0 Å². The average Bonchev–Trinajstić information content (AvgIpc) is 2.16. The average molecular weight is 171 g/mol. The Bertz CT molecular complexity index is 317. The van der Waals surface area contributed by atoms with Gasteiger partial charge in [0.15, 0.2) is 11.4 Å². The summed E-state index contributed by atoms with van der Waals surface area (Å²) in [4.78, 5) is 9.68. The zero-order valence-electron chi connectivity index (χ0n) is 7.07. The lowest BCUT2D eigenvalue weighted by Crippen LogP contribution is -2.31. The molecule has 1 aromatic heterocycles. The van der Waals surface area contributed by atoms with E-state index in [4.69, 9.17) is 0 Å². The summed E-state index contributed by atoms with van der Waals surface area (Å²) in [5.41, 5.74) is 0.973. The van der Waals surface area contributed by atoms with Crippen LogP contribution < -0.4 is 4.73 Å². The van der Waals surface area contributed by atoms with Crippen LogP contribution in [0.4, 0.5) is 5.95 Å². The van der Waals surface area contributed by atoms with Crippen molar-refractivity contribution in [3.05, 3.63) is 26.7 Å². The highest BCUT2D eigenvalue weighted by atomic mass is 16.6. The highest BCUT2D eigenvalue weighted by Gasteiger charge is 2.29. The topological polar surface area (TPSA) is 75.0 Å². The third-order valence-electron chi connectivity index (χ3n) is 1.98. The van der Waals surface area contributed by atoms with E-state index in [1.807, 2.05) is 0 Å². The van der Waals surface area contributed by atoms with Gasteiger partial charge in [-0.25, -0.2) is 0 Å². The number of hydrogen-bond acceptors (Lipinski definition) is 3. The van der Waals surface area contributed by atoms with Crippen molar-refractivity contribution in [3.63, 3.8) is 0 Å². The Morgan fingerprint density at radius 2 is 2.00 bits per heavy atom. The zero-order valence-corrected chi connectivity index (χ0v) is 7.07. The maximum absolute atomic E-state index is 11.1. The third-order valence-corrected chi connectivity index (χ3v) is 1.98. The van der Waals surface area contributed by atoms with Crippen LogP contribution in [0.25, 0.3) is 0 Å². The molecule has 66 valence electrons. The molecule has 0 aromatic carbocycles. The molecule has 0 aliphatic heterocycles. The number of rotatable bonds is 1. The molecule has 0 radical (unpaired) electrons. The summed E-state index contributed by atoms with van der Waals surface area (Å²) in [6.07, 6.45) is 0. The van der Waals surface area contributed by atoms with Crippen molar-refractivity contribution in [2.24, 2.45) is 7.05 Å². The van der Waals surface area contributed by atoms with Gasteiger partial charge in [0, 0.05) is 13.8 Å². The van der Waals surface area contributed by atoms with Gasteiger partial charge in [-0.2, -0.15) is 0 Å². The van der Waals surface area contributed by atoms with E-state index in [0.717, 1.165) is 0 Å². The molecule has 6 nitrogen and oxygen atoms in total. The summed E-state index contributed by atoms with van der Waals surface area (Å²) in [7, 11) is 1.49. The van der Waals surface area contributed by atoms with Crippen molar-refractivity contribution >= 4 is 5.95 Å². The van der Waals surface area contributed by atoms with Gasteiger partial charge in [0.1, 0.15) is 7.05 Å². The molecule has 0 amide bonds. The fourth-order valence-electron chi connectivity index (χ4n) is 1.02. The van der Waals surface area contributed by atoms with Crippen molar-refractivity contribution < 1.29 is 9.65 Å². The molecule has 0 saturated carbocycles. The highest BCUT2D eigenvalue weighted by Crippen LogP contribution is 2.11. The second-order valence-corrected chi connectivity index (χ2v) is 2.58. The van der Waals surface area contributed by atoms with E-state index in [0.29, 0.717) is 16.1 Å². The van der Waals surface area contributed by atoms with Gasteiger partial charge in [0.05, 0.1) is 4.92 Å². The van der Waals surface area contributed by atoms with E-state index < -0.39 is 10.9 Å². The van der Waals surface area contributed by atoms with Gasteiger partial charge < -0.3 is 15.3 Å². The fraction of sp³-hybridized carbons (Fsp3) is 0.500. The SMILES string of the molecule is Cc1c(C)[n+]([O-])c([N+](=O)[O-])n1C. The standard InChI is InChI=1S/C6H9N3O3/c1-4-5(2)8(10)6(7(4)3)9(11)12/h1-3H3. The molecule has 6 heteroatoms. The Labute approximate surface area is 68.8 Å². The Kier molecular flexibility index (Phi) is 1.75. The second-order valence-electron chi connectivity index (χ2n) is 2.58. The summed E-state index contributed by atoms with van der Waals surface area (Å²) in [5.74, 6) is -0.440. The normalized spacial score (nSPS) is 10.2. The largest absolute Gasteiger partial charge is 0.675 e. The van der Waals surface area contributed by atoms with Gasteiger partial charge in [-0.1, -0.05) is 0 Å². The minimum atomic E-state index is -0.688. The van der Waals surface area contributed by atoms with Gasteiger partial charge >= 0.3 is 5.95 Å². The lowest BCUT2D eigenvalue weighted by molar-refractivity contribution is -0.670. The van der Waals surface area contributed by atoms with Gasteiger partial charge in [0.2, 0.25) is 0 Å². The van der Waals surface area contributed by atoms with E-state index in [-0.39, 0.29) is 0 Å². The Morgan fingerprint density at radius 1 is 1.50 bits per heavy atom. The van der Waals surface area contributed by atoms with Crippen molar-refractivity contribution in [3.8, 4) is 0 Å². The van der Waals surface area contributed by atoms with Crippen LogP contribution in [-0.2, 0) is 7.05 Å². The van der Waals surface area contributed by atoms with Gasteiger partial charge in [-0.15, -0.1) is 9.30 Å².